The van der Waals surface area contributed by atoms with E-state index in [1.807, 2.05) is 27.7 Å². The molecule has 5 rings (SSSR count). The molecule has 0 aromatic rings. The smallest absolute Gasteiger partial charge is 0.315 e. The van der Waals surface area contributed by atoms with Crippen molar-refractivity contribution in [1.82, 2.24) is 26.2 Å². The van der Waals surface area contributed by atoms with Crippen molar-refractivity contribution in [1.29, 1.82) is 0 Å². The van der Waals surface area contributed by atoms with Gasteiger partial charge in [-0.15, -0.1) is 0 Å². The second-order valence-corrected chi connectivity index (χ2v) is 19.1. The summed E-state index contributed by atoms with van der Waals surface area (Å²) < 4.78 is 26.1. The summed E-state index contributed by atoms with van der Waals surface area (Å²) in [4.78, 5) is 69.7. The number of hydrogen-bond acceptors (Lipinski definition) is 7. The molecule has 0 aromatic carbocycles. The maximum absolute atomic E-state index is 14.5. The normalized spacial score (nSPS) is 29.6. The molecular weight excluding hydrogens is 634 g/mol. The van der Waals surface area contributed by atoms with Crippen molar-refractivity contribution in [2.75, 3.05) is 12.3 Å². The average Bonchev–Trinajstić information content (AvgIpc) is 3.79. The number of urea groups is 1. The first-order valence-electron chi connectivity index (χ1n) is 18.2. The van der Waals surface area contributed by atoms with Gasteiger partial charge in [-0.05, 0) is 67.6 Å². The number of amides is 5. The summed E-state index contributed by atoms with van der Waals surface area (Å²) in [5, 5.41) is 10.9. The number of carbonyl (C=O) groups excluding carboxylic acids is 5. The molecule has 48 heavy (non-hydrogen) atoms. The number of piperidine rings is 1. The van der Waals surface area contributed by atoms with Crippen LogP contribution in [0.15, 0.2) is 0 Å². The molecule has 4 N–H and O–H groups in total. The van der Waals surface area contributed by atoms with Crippen LogP contribution in [0.5, 0.6) is 0 Å². The van der Waals surface area contributed by atoms with Crippen LogP contribution >= 0.6 is 0 Å². The van der Waals surface area contributed by atoms with Gasteiger partial charge in [-0.3, -0.25) is 19.2 Å². The number of nitrogens with one attached hydrogen (secondary N) is 4. The van der Waals surface area contributed by atoms with Gasteiger partial charge < -0.3 is 26.2 Å². The molecule has 6 atom stereocenters. The van der Waals surface area contributed by atoms with Crippen molar-refractivity contribution in [3.05, 3.63) is 0 Å². The molecule has 3 aliphatic carbocycles. The first-order valence-corrected chi connectivity index (χ1v) is 19.9. The Morgan fingerprint density at radius 2 is 1.60 bits per heavy atom. The Morgan fingerprint density at radius 3 is 2.17 bits per heavy atom. The highest BCUT2D eigenvalue weighted by Crippen LogP contribution is 2.65. The molecule has 12 nitrogen and oxygen atoms in total. The van der Waals surface area contributed by atoms with Gasteiger partial charge in [0.2, 0.25) is 17.6 Å². The van der Waals surface area contributed by atoms with E-state index < -0.39 is 73.7 Å². The van der Waals surface area contributed by atoms with E-state index in [0.29, 0.717) is 45.1 Å². The van der Waals surface area contributed by atoms with E-state index in [9.17, 15) is 32.4 Å². The van der Waals surface area contributed by atoms with E-state index in [4.69, 9.17) is 0 Å². The molecule has 0 aromatic heterocycles. The maximum Gasteiger partial charge on any atom is 0.315 e. The first-order chi connectivity index (χ1) is 22.4. The maximum atomic E-state index is 14.5. The van der Waals surface area contributed by atoms with Crippen molar-refractivity contribution >= 4 is 39.4 Å². The van der Waals surface area contributed by atoms with Crippen LogP contribution in [-0.4, -0.2) is 90.1 Å². The SMILES string of the molecule is CCCC[C@H](NC(=O)[C@@H]1[C@@H]2[C@H](CN1C(=O)[C@@H](NC(=O)NC1(C3CCCS3(=O)=O)CCCCC1)C(C)(C)C)C2(C)C)C(=O)C(=O)NC1CC1. The third-order valence-corrected chi connectivity index (χ3v) is 14.2. The number of rotatable bonds is 12. The molecule has 2 heterocycles. The van der Waals surface area contributed by atoms with Crippen LogP contribution in [-0.2, 0) is 29.0 Å². The van der Waals surface area contributed by atoms with E-state index in [2.05, 4.69) is 35.1 Å². The number of sulfone groups is 1. The fourth-order valence-electron chi connectivity index (χ4n) is 8.72. The van der Waals surface area contributed by atoms with Crippen LogP contribution in [0.25, 0.3) is 0 Å². The average molecular weight is 692 g/mol. The molecule has 3 saturated carbocycles. The zero-order chi connectivity index (χ0) is 35.2. The standard InChI is InChI=1S/C35H57N5O7S/c1-7-8-13-23(27(41)30(43)36-21-15-16-21)37-29(42)26-25-22(34(25,5)6)20-40(26)31(44)28(33(2,3)4)38-32(45)39-35(17-10-9-11-18-35)24-14-12-19-48(24,46)47/h21-26,28H,7-20H2,1-6H3,(H,36,43)(H,37,42)(H2,38,39,45)/t22-,23-,24?,25-,26-,28+/m0/s1. The Bertz CT molecular complexity index is 1400. The third kappa shape index (κ3) is 7.40. The lowest BCUT2D eigenvalue weighted by molar-refractivity contribution is -0.145. The number of Topliss-reactive ketones (excluding diaryl/α,β-unsaturated/α-hetero) is 1. The number of ketones is 1. The van der Waals surface area contributed by atoms with Gasteiger partial charge in [-0.1, -0.05) is 73.6 Å². The summed E-state index contributed by atoms with van der Waals surface area (Å²) in [6, 6.07) is -3.42. The fourth-order valence-corrected chi connectivity index (χ4v) is 11.1. The summed E-state index contributed by atoms with van der Waals surface area (Å²) in [6.45, 7) is 12.0. The summed E-state index contributed by atoms with van der Waals surface area (Å²) in [7, 11) is -3.35. The summed E-state index contributed by atoms with van der Waals surface area (Å²) in [6.07, 6.45) is 8.28. The van der Waals surface area contributed by atoms with Gasteiger partial charge in [-0.2, -0.15) is 0 Å². The number of unbranched alkanes of at least 4 members (excludes halogenated alkanes) is 1. The topological polar surface area (TPSA) is 171 Å². The predicted octanol–water partition coefficient (Wildman–Crippen LogP) is 2.99. The van der Waals surface area contributed by atoms with E-state index in [1.165, 1.54) is 0 Å². The highest BCUT2D eigenvalue weighted by atomic mass is 32.2. The Labute approximate surface area is 286 Å². The number of nitrogens with zero attached hydrogens (tertiary/aromatic N) is 1. The second-order valence-electron chi connectivity index (χ2n) is 16.8. The quantitative estimate of drug-likeness (QED) is 0.228. The second kappa shape index (κ2) is 13.5. The summed E-state index contributed by atoms with van der Waals surface area (Å²) >= 11 is 0. The van der Waals surface area contributed by atoms with Crippen molar-refractivity contribution in [3.8, 4) is 0 Å². The zero-order valence-corrected chi connectivity index (χ0v) is 30.5. The van der Waals surface area contributed by atoms with E-state index in [1.54, 1.807) is 4.90 Å². The van der Waals surface area contributed by atoms with Crippen molar-refractivity contribution in [2.45, 2.75) is 154 Å². The molecule has 0 radical (unpaired) electrons. The summed E-state index contributed by atoms with van der Waals surface area (Å²) in [5.41, 5.74) is -1.80. The van der Waals surface area contributed by atoms with Crippen LogP contribution in [0.2, 0.25) is 0 Å². The number of likely N-dealkylation sites (tertiary alicyclic amines) is 1. The van der Waals surface area contributed by atoms with E-state index >= 15 is 0 Å². The molecule has 270 valence electrons. The molecule has 0 bridgehead atoms. The molecule has 0 spiro atoms. The molecule has 5 amide bonds. The van der Waals surface area contributed by atoms with Crippen molar-refractivity contribution in [3.63, 3.8) is 0 Å². The van der Waals surface area contributed by atoms with Gasteiger partial charge in [-0.25, -0.2) is 13.2 Å². The molecule has 5 aliphatic rings. The van der Waals surface area contributed by atoms with Crippen LogP contribution in [0.1, 0.15) is 119 Å². The van der Waals surface area contributed by atoms with Gasteiger partial charge in [0, 0.05) is 12.6 Å². The van der Waals surface area contributed by atoms with Gasteiger partial charge in [0.1, 0.15) is 12.1 Å². The molecule has 2 saturated heterocycles. The highest BCUT2D eigenvalue weighted by molar-refractivity contribution is 7.92. The molecule has 5 fully saturated rings. The molecule has 13 heteroatoms. The van der Waals surface area contributed by atoms with Gasteiger partial charge in [0.05, 0.1) is 22.6 Å². The lowest BCUT2D eigenvalue weighted by atomic mass is 9.78. The minimum Gasteiger partial charge on any atom is -0.347 e. The monoisotopic (exact) mass is 691 g/mol. The fraction of sp³-hybridized carbons (Fsp3) is 0.857. The van der Waals surface area contributed by atoms with Crippen molar-refractivity contribution in [2.24, 2.45) is 22.7 Å². The third-order valence-electron chi connectivity index (χ3n) is 11.8. The van der Waals surface area contributed by atoms with Crippen molar-refractivity contribution < 1.29 is 32.4 Å². The number of fused-ring (bicyclic) bond motifs is 1. The zero-order valence-electron chi connectivity index (χ0n) is 29.7. The molecular formula is C35H57N5O7S. The Kier molecular flexibility index (Phi) is 10.3. The largest absolute Gasteiger partial charge is 0.347 e. The number of carbonyl (C=O) groups is 5. The first kappa shape index (κ1) is 36.6. The van der Waals surface area contributed by atoms with Gasteiger partial charge in [0.25, 0.3) is 5.91 Å². The van der Waals surface area contributed by atoms with Crippen LogP contribution in [0.4, 0.5) is 4.79 Å². The number of hydrogen-bond donors (Lipinski definition) is 4. The Balaban J connectivity index is 1.34. The van der Waals surface area contributed by atoms with Crippen LogP contribution < -0.4 is 21.3 Å². The highest BCUT2D eigenvalue weighted by Gasteiger charge is 2.70. The van der Waals surface area contributed by atoms with Crippen LogP contribution in [0, 0.1) is 22.7 Å². The van der Waals surface area contributed by atoms with Gasteiger partial charge in [0.15, 0.2) is 9.84 Å². The molecule has 1 unspecified atom stereocenters. The minimum atomic E-state index is -3.35. The van der Waals surface area contributed by atoms with E-state index in [-0.39, 0.29) is 29.0 Å². The molecule has 2 aliphatic heterocycles. The Morgan fingerprint density at radius 1 is 0.938 bits per heavy atom. The predicted molar refractivity (Wildman–Crippen MR) is 181 cm³/mol. The summed E-state index contributed by atoms with van der Waals surface area (Å²) in [5.74, 6) is -2.14. The lowest BCUT2D eigenvalue weighted by Gasteiger charge is -2.43. The minimum absolute atomic E-state index is 0.00883. The van der Waals surface area contributed by atoms with Gasteiger partial charge >= 0.3 is 6.03 Å². The van der Waals surface area contributed by atoms with E-state index in [0.717, 1.165) is 38.5 Å². The Hall–Kier alpha value is -2.70. The van der Waals surface area contributed by atoms with Crippen LogP contribution in [0.3, 0.4) is 0 Å². The lowest BCUT2D eigenvalue weighted by Crippen LogP contribution is -2.65.